The predicted molar refractivity (Wildman–Crippen MR) is 75.0 cm³/mol. The van der Waals surface area contributed by atoms with Gasteiger partial charge in [-0.25, -0.2) is 0 Å². The Bertz CT molecular complexity index is 453. The molecule has 0 unspecified atom stereocenters. The fourth-order valence-corrected chi connectivity index (χ4v) is 2.53. The molecular formula is C14H18BrNO2. The van der Waals surface area contributed by atoms with Gasteiger partial charge in [0.25, 0.3) is 5.91 Å². The Morgan fingerprint density at radius 1 is 1.44 bits per heavy atom. The van der Waals surface area contributed by atoms with E-state index in [9.17, 15) is 4.79 Å². The molecule has 1 saturated carbocycles. The highest BCUT2D eigenvalue weighted by atomic mass is 79.9. The Morgan fingerprint density at radius 3 is 2.61 bits per heavy atom. The van der Waals surface area contributed by atoms with Crippen molar-refractivity contribution in [3.05, 3.63) is 28.2 Å². The third-order valence-electron chi connectivity index (χ3n) is 3.14. The van der Waals surface area contributed by atoms with Crippen molar-refractivity contribution >= 4 is 21.8 Å². The van der Waals surface area contributed by atoms with Gasteiger partial charge < -0.3 is 9.64 Å². The molecule has 1 aliphatic carbocycles. The molecule has 0 spiro atoms. The van der Waals surface area contributed by atoms with Crippen molar-refractivity contribution in [1.82, 2.24) is 4.90 Å². The van der Waals surface area contributed by atoms with Crippen molar-refractivity contribution in [2.75, 3.05) is 7.11 Å². The van der Waals surface area contributed by atoms with Crippen LogP contribution in [0.1, 0.15) is 37.0 Å². The maximum Gasteiger partial charge on any atom is 0.255 e. The summed E-state index contributed by atoms with van der Waals surface area (Å²) < 4.78 is 6.00. The maximum atomic E-state index is 12.6. The lowest BCUT2D eigenvalue weighted by molar-refractivity contribution is 0.0689. The van der Waals surface area contributed by atoms with Gasteiger partial charge in [0.1, 0.15) is 5.75 Å². The van der Waals surface area contributed by atoms with Gasteiger partial charge in [0, 0.05) is 16.6 Å². The first-order chi connectivity index (χ1) is 8.54. The summed E-state index contributed by atoms with van der Waals surface area (Å²) in [6, 6.07) is 6.14. The highest BCUT2D eigenvalue weighted by Gasteiger charge is 2.35. The summed E-state index contributed by atoms with van der Waals surface area (Å²) in [5, 5.41) is 0. The van der Waals surface area contributed by atoms with Crippen LogP contribution >= 0.6 is 15.9 Å². The van der Waals surface area contributed by atoms with Crippen molar-refractivity contribution in [1.29, 1.82) is 0 Å². The van der Waals surface area contributed by atoms with Crippen LogP contribution in [0.15, 0.2) is 22.7 Å². The van der Waals surface area contributed by atoms with Crippen molar-refractivity contribution < 1.29 is 9.53 Å². The van der Waals surface area contributed by atoms with E-state index in [4.69, 9.17) is 4.74 Å². The second kappa shape index (κ2) is 5.31. The second-order valence-electron chi connectivity index (χ2n) is 4.88. The van der Waals surface area contributed by atoms with Gasteiger partial charge in [0.05, 0.1) is 12.7 Å². The average molecular weight is 312 g/mol. The quantitative estimate of drug-likeness (QED) is 0.852. The van der Waals surface area contributed by atoms with Gasteiger partial charge in [-0.15, -0.1) is 0 Å². The summed E-state index contributed by atoms with van der Waals surface area (Å²) in [6.45, 7) is 4.12. The van der Waals surface area contributed by atoms with E-state index in [2.05, 4.69) is 29.8 Å². The Balaban J connectivity index is 2.31. The van der Waals surface area contributed by atoms with Crippen molar-refractivity contribution in [3.63, 3.8) is 0 Å². The number of hydrogen-bond donors (Lipinski definition) is 0. The SMILES string of the molecule is COc1ccc(Br)c(C(=O)N(C(C)C)C2CC2)c1. The molecule has 0 saturated heterocycles. The first-order valence-corrected chi connectivity index (χ1v) is 7.00. The fraction of sp³-hybridized carbons (Fsp3) is 0.500. The molecule has 1 aromatic carbocycles. The van der Waals surface area contributed by atoms with E-state index in [0.717, 1.165) is 17.3 Å². The molecule has 18 heavy (non-hydrogen) atoms. The van der Waals surface area contributed by atoms with Crippen LogP contribution in [-0.2, 0) is 0 Å². The monoisotopic (exact) mass is 311 g/mol. The molecule has 0 heterocycles. The zero-order valence-corrected chi connectivity index (χ0v) is 12.5. The van der Waals surface area contributed by atoms with E-state index in [1.54, 1.807) is 13.2 Å². The number of methoxy groups -OCH3 is 1. The van der Waals surface area contributed by atoms with E-state index in [0.29, 0.717) is 17.4 Å². The molecule has 2 rings (SSSR count). The summed E-state index contributed by atoms with van der Waals surface area (Å²) in [7, 11) is 1.61. The molecular weight excluding hydrogens is 294 g/mol. The zero-order valence-electron chi connectivity index (χ0n) is 10.9. The van der Waals surface area contributed by atoms with E-state index >= 15 is 0 Å². The molecule has 0 aliphatic heterocycles. The molecule has 98 valence electrons. The van der Waals surface area contributed by atoms with Gasteiger partial charge in [0.15, 0.2) is 0 Å². The highest BCUT2D eigenvalue weighted by molar-refractivity contribution is 9.10. The first kappa shape index (κ1) is 13.4. The number of carbonyl (C=O) groups is 1. The van der Waals surface area contributed by atoms with Crippen LogP contribution in [0.3, 0.4) is 0 Å². The summed E-state index contributed by atoms with van der Waals surface area (Å²) in [5.41, 5.74) is 0.676. The van der Waals surface area contributed by atoms with Crippen LogP contribution < -0.4 is 4.74 Å². The van der Waals surface area contributed by atoms with Gasteiger partial charge in [-0.2, -0.15) is 0 Å². The van der Waals surface area contributed by atoms with Crippen LogP contribution in [0.25, 0.3) is 0 Å². The summed E-state index contributed by atoms with van der Waals surface area (Å²) in [6.07, 6.45) is 2.23. The molecule has 3 nitrogen and oxygen atoms in total. The highest BCUT2D eigenvalue weighted by Crippen LogP contribution is 2.32. The lowest BCUT2D eigenvalue weighted by Crippen LogP contribution is -2.38. The molecule has 0 N–H and O–H groups in total. The minimum Gasteiger partial charge on any atom is -0.497 e. The number of carbonyl (C=O) groups excluding carboxylic acids is 1. The minimum absolute atomic E-state index is 0.0817. The van der Waals surface area contributed by atoms with Gasteiger partial charge in [0.2, 0.25) is 0 Å². The number of benzene rings is 1. The molecule has 1 aromatic rings. The van der Waals surface area contributed by atoms with Crippen molar-refractivity contribution in [2.24, 2.45) is 0 Å². The van der Waals surface area contributed by atoms with Crippen molar-refractivity contribution in [2.45, 2.75) is 38.8 Å². The minimum atomic E-state index is 0.0817. The van der Waals surface area contributed by atoms with Crippen LogP contribution in [-0.4, -0.2) is 30.0 Å². The Hall–Kier alpha value is -1.03. The van der Waals surface area contributed by atoms with E-state index in [1.807, 2.05) is 17.0 Å². The first-order valence-electron chi connectivity index (χ1n) is 6.20. The topological polar surface area (TPSA) is 29.5 Å². The van der Waals surface area contributed by atoms with Crippen LogP contribution in [0.2, 0.25) is 0 Å². The molecule has 0 bridgehead atoms. The Kier molecular flexibility index (Phi) is 3.95. The number of ether oxygens (including phenoxy) is 1. The molecule has 4 heteroatoms. The van der Waals surface area contributed by atoms with Crippen LogP contribution in [0.4, 0.5) is 0 Å². The molecule has 0 aromatic heterocycles. The van der Waals surface area contributed by atoms with Crippen LogP contribution in [0.5, 0.6) is 5.75 Å². The van der Waals surface area contributed by atoms with Crippen LogP contribution in [0, 0.1) is 0 Å². The molecule has 1 amide bonds. The summed E-state index contributed by atoms with van der Waals surface area (Å²) in [5.74, 6) is 0.791. The third-order valence-corrected chi connectivity index (χ3v) is 3.83. The second-order valence-corrected chi connectivity index (χ2v) is 5.74. The number of hydrogen-bond acceptors (Lipinski definition) is 2. The number of rotatable bonds is 4. The standard InChI is InChI=1S/C14H18BrNO2/c1-9(2)16(10-4-5-10)14(17)12-8-11(18-3)6-7-13(12)15/h6-10H,4-5H2,1-3H3. The van der Waals surface area contributed by atoms with E-state index in [-0.39, 0.29) is 11.9 Å². The number of halogens is 1. The normalized spacial score (nSPS) is 14.7. The zero-order chi connectivity index (χ0) is 13.3. The molecule has 1 aliphatic rings. The predicted octanol–water partition coefficient (Wildman–Crippen LogP) is 3.47. The van der Waals surface area contributed by atoms with Gasteiger partial charge in [-0.05, 0) is 60.8 Å². The van der Waals surface area contributed by atoms with E-state index < -0.39 is 0 Å². The fourth-order valence-electron chi connectivity index (χ4n) is 2.11. The number of nitrogens with zero attached hydrogens (tertiary/aromatic N) is 1. The Labute approximate surface area is 116 Å². The Morgan fingerprint density at radius 2 is 2.11 bits per heavy atom. The van der Waals surface area contributed by atoms with E-state index in [1.165, 1.54) is 0 Å². The lowest BCUT2D eigenvalue weighted by Gasteiger charge is -2.27. The maximum absolute atomic E-state index is 12.6. The average Bonchev–Trinajstić information content (AvgIpc) is 3.13. The molecule has 1 fully saturated rings. The third kappa shape index (κ3) is 2.69. The van der Waals surface area contributed by atoms with Gasteiger partial charge in [-0.1, -0.05) is 0 Å². The summed E-state index contributed by atoms with van der Waals surface area (Å²) in [4.78, 5) is 14.6. The van der Waals surface area contributed by atoms with Gasteiger partial charge in [-0.3, -0.25) is 4.79 Å². The molecule has 0 atom stereocenters. The van der Waals surface area contributed by atoms with Crippen molar-refractivity contribution in [3.8, 4) is 5.75 Å². The van der Waals surface area contributed by atoms with Gasteiger partial charge >= 0.3 is 0 Å². The molecule has 0 radical (unpaired) electrons. The largest absolute Gasteiger partial charge is 0.497 e. The lowest BCUT2D eigenvalue weighted by atomic mass is 10.1. The number of amides is 1. The smallest absolute Gasteiger partial charge is 0.255 e. The summed E-state index contributed by atoms with van der Waals surface area (Å²) >= 11 is 3.44.